The molecule has 1 atom stereocenters. The minimum absolute atomic E-state index is 0.0847. The van der Waals surface area contributed by atoms with Crippen LogP contribution in [0.15, 0.2) is 97.2 Å². The molecule has 448 valence electrons. The predicted molar refractivity (Wildman–Crippen MR) is 339 cm³/mol. The van der Waals surface area contributed by atoms with Crippen molar-refractivity contribution >= 4 is 17.9 Å². The Labute approximate surface area is 483 Å². The molecule has 6 heteroatoms. The van der Waals surface area contributed by atoms with Crippen LogP contribution in [-0.2, 0) is 28.6 Å². The number of carbonyl (C=O) groups is 3. The Morgan fingerprint density at radius 3 is 0.808 bits per heavy atom. The van der Waals surface area contributed by atoms with Gasteiger partial charge in [0.1, 0.15) is 13.2 Å². The molecule has 6 nitrogen and oxygen atoms in total. The summed E-state index contributed by atoms with van der Waals surface area (Å²) in [5.74, 6) is -0.896. The number of hydrogen-bond acceptors (Lipinski definition) is 6. The average Bonchev–Trinajstić information content (AvgIpc) is 3.44. The maximum atomic E-state index is 12.9. The van der Waals surface area contributed by atoms with Gasteiger partial charge in [-0.25, -0.2) is 0 Å². The van der Waals surface area contributed by atoms with Crippen molar-refractivity contribution in [1.29, 1.82) is 0 Å². The van der Waals surface area contributed by atoms with Crippen molar-refractivity contribution in [3.63, 3.8) is 0 Å². The smallest absolute Gasteiger partial charge is 0.306 e. The molecular formula is C72H124O6. The van der Waals surface area contributed by atoms with E-state index in [0.717, 1.165) is 122 Å². The third-order valence-corrected chi connectivity index (χ3v) is 14.3. The van der Waals surface area contributed by atoms with Gasteiger partial charge in [-0.15, -0.1) is 0 Å². The lowest BCUT2D eigenvalue weighted by atomic mass is 10.0. The highest BCUT2D eigenvalue weighted by Crippen LogP contribution is 2.16. The van der Waals surface area contributed by atoms with Crippen LogP contribution in [0.25, 0.3) is 0 Å². The predicted octanol–water partition coefficient (Wildman–Crippen LogP) is 22.8. The first-order valence-corrected chi connectivity index (χ1v) is 33.2. The Balaban J connectivity index is 4.29. The molecule has 78 heavy (non-hydrogen) atoms. The van der Waals surface area contributed by atoms with Crippen LogP contribution in [0.1, 0.15) is 323 Å². The minimum Gasteiger partial charge on any atom is -0.462 e. The number of allylic oxidation sites excluding steroid dienone is 16. The van der Waals surface area contributed by atoms with Gasteiger partial charge < -0.3 is 14.2 Å². The number of rotatable bonds is 60. The lowest BCUT2D eigenvalue weighted by Crippen LogP contribution is -2.30. The molecule has 0 fully saturated rings. The lowest BCUT2D eigenvalue weighted by molar-refractivity contribution is -0.167. The summed E-state index contributed by atoms with van der Waals surface area (Å²) in [5.41, 5.74) is 0. The van der Waals surface area contributed by atoms with Gasteiger partial charge in [0.05, 0.1) is 0 Å². The van der Waals surface area contributed by atoms with E-state index in [1.54, 1.807) is 0 Å². The number of hydrogen-bond donors (Lipinski definition) is 0. The second-order valence-electron chi connectivity index (χ2n) is 22.0. The van der Waals surface area contributed by atoms with Crippen LogP contribution in [0.5, 0.6) is 0 Å². The van der Waals surface area contributed by atoms with Crippen LogP contribution in [0, 0.1) is 0 Å². The summed E-state index contributed by atoms with van der Waals surface area (Å²) in [4.78, 5) is 38.3. The molecule has 0 aliphatic heterocycles. The van der Waals surface area contributed by atoms with E-state index >= 15 is 0 Å². The fourth-order valence-electron chi connectivity index (χ4n) is 9.32. The van der Waals surface area contributed by atoms with E-state index in [-0.39, 0.29) is 31.1 Å². The Morgan fingerprint density at radius 2 is 0.500 bits per heavy atom. The Hall–Kier alpha value is -3.67. The quantitative estimate of drug-likeness (QED) is 0.0261. The summed E-state index contributed by atoms with van der Waals surface area (Å²) in [6.45, 7) is 6.51. The first kappa shape index (κ1) is 74.3. The van der Waals surface area contributed by atoms with Crippen LogP contribution in [-0.4, -0.2) is 37.2 Å². The highest BCUT2D eigenvalue weighted by atomic mass is 16.6. The molecule has 0 spiro atoms. The van der Waals surface area contributed by atoms with Crippen molar-refractivity contribution in [3.05, 3.63) is 97.2 Å². The van der Waals surface area contributed by atoms with Crippen molar-refractivity contribution in [2.75, 3.05) is 13.2 Å². The lowest BCUT2D eigenvalue weighted by Gasteiger charge is -2.18. The molecule has 0 aromatic carbocycles. The molecule has 0 N–H and O–H groups in total. The Kier molecular flexibility index (Phi) is 62.7. The largest absolute Gasteiger partial charge is 0.462 e. The standard InChI is InChI=1S/C72H124O6/c1-4-7-10-13-16-19-22-25-28-30-31-32-33-34-35-36-37-38-39-40-41-42-45-47-50-53-56-59-62-65-71(74)77-68-69(67-76-70(73)64-61-58-55-52-49-46-43-27-24-21-18-15-12-9-6-3)78-72(75)66-63-60-57-54-51-48-44-29-26-23-20-17-14-11-8-5-2/h7,10,16,19-20,23,25,27-29,31-32,34-35,43-44,69H,4-6,8-9,11-15,17-18,21-22,24,26,30,33,36-42,45-68H2,1-3H3/b10-7-,19-16-,23-20-,28-25-,32-31-,35-34-,43-27-,44-29-. The Bertz CT molecular complexity index is 1530. The zero-order valence-electron chi connectivity index (χ0n) is 51.4. The van der Waals surface area contributed by atoms with Crippen LogP contribution in [0.2, 0.25) is 0 Å². The van der Waals surface area contributed by atoms with Crippen molar-refractivity contribution in [2.24, 2.45) is 0 Å². The van der Waals surface area contributed by atoms with Crippen molar-refractivity contribution in [1.82, 2.24) is 0 Å². The van der Waals surface area contributed by atoms with Gasteiger partial charge >= 0.3 is 17.9 Å². The molecular weight excluding hydrogens is 961 g/mol. The molecule has 0 saturated heterocycles. The summed E-state index contributed by atoms with van der Waals surface area (Å²) in [7, 11) is 0. The molecule has 0 aliphatic rings. The van der Waals surface area contributed by atoms with Gasteiger partial charge in [0.2, 0.25) is 0 Å². The zero-order chi connectivity index (χ0) is 56.4. The highest BCUT2D eigenvalue weighted by Gasteiger charge is 2.19. The fourth-order valence-corrected chi connectivity index (χ4v) is 9.32. The number of esters is 3. The van der Waals surface area contributed by atoms with Gasteiger partial charge in [0, 0.05) is 19.3 Å². The second kappa shape index (κ2) is 65.8. The summed E-state index contributed by atoms with van der Waals surface area (Å²) < 4.78 is 16.9. The van der Waals surface area contributed by atoms with E-state index in [0.29, 0.717) is 19.3 Å². The molecule has 0 amide bonds. The van der Waals surface area contributed by atoms with E-state index in [1.807, 2.05) is 0 Å². The average molecular weight is 1090 g/mol. The van der Waals surface area contributed by atoms with Crippen LogP contribution >= 0.6 is 0 Å². The van der Waals surface area contributed by atoms with E-state index in [1.165, 1.54) is 161 Å². The normalized spacial score (nSPS) is 12.7. The maximum absolute atomic E-state index is 12.9. The third-order valence-electron chi connectivity index (χ3n) is 14.3. The monoisotopic (exact) mass is 1080 g/mol. The van der Waals surface area contributed by atoms with Gasteiger partial charge in [-0.05, 0) is 122 Å². The van der Waals surface area contributed by atoms with E-state index in [4.69, 9.17) is 14.2 Å². The topological polar surface area (TPSA) is 78.9 Å². The molecule has 0 saturated carbocycles. The SMILES string of the molecule is CC/C=C\C/C=C\C/C=C\C/C=C\C/C=C\CCCCCCCCCCCCCCCC(=O)OCC(COC(=O)CCCCCCC/C=C\CCCCCCCC)OC(=O)CCCCCCC/C=C\C/C=C\CCCCCC. The Morgan fingerprint density at radius 1 is 0.269 bits per heavy atom. The van der Waals surface area contributed by atoms with Crippen molar-refractivity contribution in [2.45, 2.75) is 329 Å². The molecule has 0 heterocycles. The highest BCUT2D eigenvalue weighted by molar-refractivity contribution is 5.71. The third kappa shape index (κ3) is 63.2. The van der Waals surface area contributed by atoms with Gasteiger partial charge in [-0.1, -0.05) is 279 Å². The summed E-state index contributed by atoms with van der Waals surface area (Å²) in [5, 5.41) is 0. The van der Waals surface area contributed by atoms with Crippen LogP contribution in [0.4, 0.5) is 0 Å². The fraction of sp³-hybridized carbons (Fsp3) is 0.736. The molecule has 0 aromatic rings. The van der Waals surface area contributed by atoms with Gasteiger partial charge in [-0.2, -0.15) is 0 Å². The van der Waals surface area contributed by atoms with Gasteiger partial charge in [0.15, 0.2) is 6.10 Å². The van der Waals surface area contributed by atoms with Gasteiger partial charge in [-0.3, -0.25) is 14.4 Å². The maximum Gasteiger partial charge on any atom is 0.306 e. The summed E-state index contributed by atoms with van der Waals surface area (Å²) >= 11 is 0. The molecule has 0 aromatic heterocycles. The second-order valence-corrected chi connectivity index (χ2v) is 22.0. The van der Waals surface area contributed by atoms with Gasteiger partial charge in [0.25, 0.3) is 0 Å². The molecule has 0 bridgehead atoms. The van der Waals surface area contributed by atoms with Crippen molar-refractivity contribution < 1.29 is 28.6 Å². The molecule has 0 aliphatic carbocycles. The molecule has 0 radical (unpaired) electrons. The summed E-state index contributed by atoms with van der Waals surface area (Å²) in [6, 6.07) is 0. The number of unbranched alkanes of at least 4 members (excludes halogenated alkanes) is 33. The van der Waals surface area contributed by atoms with E-state index in [2.05, 4.69) is 118 Å². The van der Waals surface area contributed by atoms with E-state index < -0.39 is 6.10 Å². The van der Waals surface area contributed by atoms with Crippen LogP contribution < -0.4 is 0 Å². The molecule has 0 rings (SSSR count). The summed E-state index contributed by atoms with van der Waals surface area (Å²) in [6.07, 6.45) is 88.5. The van der Waals surface area contributed by atoms with Crippen molar-refractivity contribution in [3.8, 4) is 0 Å². The first-order valence-electron chi connectivity index (χ1n) is 33.2. The first-order chi connectivity index (χ1) is 38.5. The van der Waals surface area contributed by atoms with Crippen LogP contribution in [0.3, 0.4) is 0 Å². The number of ether oxygens (including phenoxy) is 3. The zero-order valence-corrected chi connectivity index (χ0v) is 51.4. The van der Waals surface area contributed by atoms with E-state index in [9.17, 15) is 14.4 Å². The number of carbonyl (C=O) groups excluding carboxylic acids is 3. The molecule has 1 unspecified atom stereocenters. The minimum atomic E-state index is -0.789.